The number of benzene rings is 2. The van der Waals surface area contributed by atoms with Crippen LogP contribution >= 0.6 is 0 Å². The maximum absolute atomic E-state index is 13.0. The Morgan fingerprint density at radius 2 is 1.66 bits per heavy atom. The Bertz CT molecular complexity index is 847. The number of aliphatic hydroxyl groups is 1. The summed E-state index contributed by atoms with van der Waals surface area (Å²) >= 11 is 0. The number of unbranched alkanes of at least 4 members (excludes halogenated alkanes) is 1. The number of carbonyl (C=O) groups is 2. The quantitative estimate of drug-likeness (QED) is 0.377. The Morgan fingerprint density at radius 3 is 2.28 bits per heavy atom. The molecule has 2 atom stereocenters. The fourth-order valence-corrected chi connectivity index (χ4v) is 3.71. The van der Waals surface area contributed by atoms with Gasteiger partial charge in [-0.1, -0.05) is 69.9 Å². The summed E-state index contributed by atoms with van der Waals surface area (Å²) in [6.07, 6.45) is 4.96. The van der Waals surface area contributed by atoms with E-state index in [1.807, 2.05) is 6.07 Å². The highest BCUT2D eigenvalue weighted by atomic mass is 16.4. The highest BCUT2D eigenvalue weighted by Gasteiger charge is 2.21. The molecule has 156 valence electrons. The second kappa shape index (κ2) is 10.8. The number of hydrogen-bond donors (Lipinski definition) is 3. The van der Waals surface area contributed by atoms with Crippen LogP contribution in [0.3, 0.4) is 0 Å². The summed E-state index contributed by atoms with van der Waals surface area (Å²) in [5.41, 5.74) is 7.59. The van der Waals surface area contributed by atoms with Gasteiger partial charge in [-0.15, -0.1) is 0 Å². The summed E-state index contributed by atoms with van der Waals surface area (Å²) in [6.45, 7) is 4.30. The Balaban J connectivity index is 2.21. The molecule has 0 saturated carbocycles. The third kappa shape index (κ3) is 5.91. The average Bonchev–Trinajstić information content (AvgIpc) is 2.72. The van der Waals surface area contributed by atoms with Gasteiger partial charge in [0.15, 0.2) is 5.78 Å². The van der Waals surface area contributed by atoms with Crippen LogP contribution in [0.15, 0.2) is 42.5 Å². The minimum atomic E-state index is -1.16. The van der Waals surface area contributed by atoms with Crippen LogP contribution < -0.4 is 5.73 Å². The van der Waals surface area contributed by atoms with Crippen molar-refractivity contribution in [2.24, 2.45) is 5.92 Å². The zero-order valence-corrected chi connectivity index (χ0v) is 17.2. The fourth-order valence-electron chi connectivity index (χ4n) is 3.71. The molecule has 0 aliphatic rings. The van der Waals surface area contributed by atoms with Gasteiger partial charge in [0.2, 0.25) is 0 Å². The van der Waals surface area contributed by atoms with Crippen LogP contribution in [-0.4, -0.2) is 28.1 Å². The van der Waals surface area contributed by atoms with Gasteiger partial charge in [-0.05, 0) is 30.0 Å². The van der Waals surface area contributed by atoms with Crippen molar-refractivity contribution in [2.75, 3.05) is 5.73 Å². The van der Waals surface area contributed by atoms with Gasteiger partial charge < -0.3 is 15.9 Å². The first-order valence-corrected chi connectivity index (χ1v) is 10.3. The molecule has 0 bridgehead atoms. The van der Waals surface area contributed by atoms with Crippen LogP contribution in [0.5, 0.6) is 0 Å². The van der Waals surface area contributed by atoms with Crippen LogP contribution in [0, 0.1) is 5.92 Å². The number of carboxylic acid groups (broad SMARTS) is 1. The molecule has 0 heterocycles. The lowest BCUT2D eigenvalue weighted by atomic mass is 9.89. The van der Waals surface area contributed by atoms with E-state index in [9.17, 15) is 19.8 Å². The van der Waals surface area contributed by atoms with Gasteiger partial charge >= 0.3 is 5.97 Å². The molecular formula is C24H31NO4. The molecular weight excluding hydrogens is 366 g/mol. The van der Waals surface area contributed by atoms with Crippen molar-refractivity contribution in [3.8, 4) is 0 Å². The van der Waals surface area contributed by atoms with E-state index < -0.39 is 17.9 Å². The molecule has 0 spiro atoms. The molecule has 2 aromatic carbocycles. The Hall–Kier alpha value is -2.66. The molecule has 29 heavy (non-hydrogen) atoms. The minimum Gasteiger partial charge on any atom is -0.478 e. The second-order valence-electron chi connectivity index (χ2n) is 7.57. The number of anilines is 1. The molecule has 0 aliphatic heterocycles. The third-order valence-electron chi connectivity index (χ3n) is 5.45. The number of carboxylic acids is 1. The molecule has 2 aromatic rings. The van der Waals surface area contributed by atoms with Crippen molar-refractivity contribution in [1.29, 1.82) is 0 Å². The first-order valence-electron chi connectivity index (χ1n) is 10.3. The van der Waals surface area contributed by atoms with E-state index in [0.29, 0.717) is 30.0 Å². The predicted molar refractivity (Wildman–Crippen MR) is 115 cm³/mol. The monoisotopic (exact) mass is 397 g/mol. The number of aromatic carboxylic acids is 1. The maximum atomic E-state index is 13.0. The van der Waals surface area contributed by atoms with E-state index in [2.05, 4.69) is 13.8 Å². The molecule has 5 nitrogen and oxygen atoms in total. The molecule has 5 heteroatoms. The number of aliphatic hydroxyl groups excluding tert-OH is 1. The molecule has 4 N–H and O–H groups in total. The molecule has 0 saturated heterocycles. The zero-order valence-electron chi connectivity index (χ0n) is 17.2. The van der Waals surface area contributed by atoms with E-state index in [1.165, 1.54) is 12.1 Å². The van der Waals surface area contributed by atoms with E-state index in [4.69, 9.17) is 5.73 Å². The van der Waals surface area contributed by atoms with Crippen molar-refractivity contribution in [3.05, 3.63) is 64.7 Å². The summed E-state index contributed by atoms with van der Waals surface area (Å²) in [6, 6.07) is 11.2. The van der Waals surface area contributed by atoms with Crippen LogP contribution in [0.25, 0.3) is 0 Å². The average molecular weight is 398 g/mol. The number of para-hydroxylation sites is 1. The first kappa shape index (κ1) is 22.6. The van der Waals surface area contributed by atoms with Gasteiger partial charge in [-0.2, -0.15) is 0 Å². The van der Waals surface area contributed by atoms with E-state index in [0.717, 1.165) is 25.7 Å². The van der Waals surface area contributed by atoms with Crippen molar-refractivity contribution in [2.45, 2.75) is 58.5 Å². The molecule has 2 unspecified atom stereocenters. The summed E-state index contributed by atoms with van der Waals surface area (Å²) < 4.78 is 0. The predicted octanol–water partition coefficient (Wildman–Crippen LogP) is 4.71. The van der Waals surface area contributed by atoms with Crippen molar-refractivity contribution < 1.29 is 19.8 Å². The third-order valence-corrected chi connectivity index (χ3v) is 5.45. The van der Waals surface area contributed by atoms with Crippen LogP contribution in [0.1, 0.15) is 77.8 Å². The van der Waals surface area contributed by atoms with Crippen molar-refractivity contribution >= 4 is 17.4 Å². The maximum Gasteiger partial charge on any atom is 0.336 e. The number of ketones is 1. The highest BCUT2D eigenvalue weighted by Crippen LogP contribution is 2.26. The van der Waals surface area contributed by atoms with Gasteiger partial charge in [0.25, 0.3) is 0 Å². The molecule has 0 radical (unpaired) electrons. The Morgan fingerprint density at radius 1 is 1.00 bits per heavy atom. The van der Waals surface area contributed by atoms with Crippen molar-refractivity contribution in [3.63, 3.8) is 0 Å². The van der Waals surface area contributed by atoms with Crippen LogP contribution in [0.2, 0.25) is 0 Å². The highest BCUT2D eigenvalue weighted by molar-refractivity contribution is 6.16. The van der Waals surface area contributed by atoms with Gasteiger partial charge in [0.1, 0.15) is 0 Å². The number of nitrogens with two attached hydrogens (primary N) is 1. The summed E-state index contributed by atoms with van der Waals surface area (Å²) in [5, 5.41) is 19.9. The van der Waals surface area contributed by atoms with Gasteiger partial charge in [-0.3, -0.25) is 4.79 Å². The Labute approximate surface area is 172 Å². The van der Waals surface area contributed by atoms with Crippen LogP contribution in [0.4, 0.5) is 5.69 Å². The van der Waals surface area contributed by atoms with E-state index in [-0.39, 0.29) is 16.7 Å². The number of rotatable bonds is 11. The summed E-state index contributed by atoms with van der Waals surface area (Å²) in [4.78, 5) is 24.4. The Kier molecular flexibility index (Phi) is 8.40. The summed E-state index contributed by atoms with van der Waals surface area (Å²) in [5.74, 6) is -1.11. The van der Waals surface area contributed by atoms with Gasteiger partial charge in [0.05, 0.1) is 11.7 Å². The number of hydrogen-bond acceptors (Lipinski definition) is 4. The second-order valence-corrected chi connectivity index (χ2v) is 7.57. The van der Waals surface area contributed by atoms with Crippen LogP contribution in [-0.2, 0) is 6.42 Å². The van der Waals surface area contributed by atoms with Gasteiger partial charge in [-0.25, -0.2) is 4.79 Å². The lowest BCUT2D eigenvalue weighted by Crippen LogP contribution is -2.18. The largest absolute Gasteiger partial charge is 0.478 e. The minimum absolute atomic E-state index is 0.0518. The smallest absolute Gasteiger partial charge is 0.336 e. The standard InChI is InChI=1S/C24H31NO4/c1-3-5-9-16(4-2)14-18(26)15-17-10-8-13-21(22(17)25)23(27)19-11-6-7-12-20(19)24(28)29/h6-8,10-13,16,18,26H,3-5,9,14-15,25H2,1-2H3,(H,28,29). The molecule has 0 aromatic heterocycles. The molecule has 2 rings (SSSR count). The van der Waals surface area contributed by atoms with Crippen molar-refractivity contribution in [1.82, 2.24) is 0 Å². The zero-order chi connectivity index (χ0) is 21.4. The van der Waals surface area contributed by atoms with E-state index >= 15 is 0 Å². The first-order chi connectivity index (χ1) is 13.9. The molecule has 0 amide bonds. The normalized spacial score (nSPS) is 13.1. The topological polar surface area (TPSA) is 101 Å². The van der Waals surface area contributed by atoms with Gasteiger partial charge in [0, 0.05) is 23.2 Å². The fraction of sp³-hybridized carbons (Fsp3) is 0.417. The summed E-state index contributed by atoms with van der Waals surface area (Å²) in [7, 11) is 0. The lowest BCUT2D eigenvalue weighted by molar-refractivity contribution is 0.0692. The lowest BCUT2D eigenvalue weighted by Gasteiger charge is -2.20. The number of nitrogen functional groups attached to an aromatic ring is 1. The SMILES string of the molecule is CCCCC(CC)CC(O)Cc1cccc(C(=O)c2ccccc2C(=O)O)c1N. The number of carbonyl (C=O) groups excluding carboxylic acids is 1. The van der Waals surface area contributed by atoms with E-state index in [1.54, 1.807) is 24.3 Å². The molecule has 0 fully saturated rings. The molecule has 0 aliphatic carbocycles.